The normalized spacial score (nSPS) is 19.6. The van der Waals surface area contributed by atoms with E-state index < -0.39 is 24.3 Å². The van der Waals surface area contributed by atoms with Crippen LogP contribution in [0.5, 0.6) is 0 Å². The zero-order valence-electron chi connectivity index (χ0n) is 8.42. The Morgan fingerprint density at radius 2 is 2.25 bits per heavy atom. The number of Topliss-reactive ketones (excluding diaryl/α,β-unsaturated/α-hetero) is 1. The van der Waals surface area contributed by atoms with Gasteiger partial charge in [0.25, 0.3) is 0 Å². The Balaban J connectivity index is 2.16. The Bertz CT molecular complexity index is 414. The van der Waals surface area contributed by atoms with Crippen molar-refractivity contribution in [3.8, 4) is 0 Å². The first kappa shape index (κ1) is 11.1. The number of carbonyl (C=O) groups is 1. The van der Waals surface area contributed by atoms with Crippen LogP contribution in [0.15, 0.2) is 18.3 Å². The summed E-state index contributed by atoms with van der Waals surface area (Å²) in [7, 11) is 0. The standard InChI is InChI=1S/C11H10F3NO/c12-11(13,14)6-9(16)8-4-3-7-2-1-5-15-10(7)8/h1-2,5,8H,3-4,6H2. The van der Waals surface area contributed by atoms with Gasteiger partial charge in [-0.1, -0.05) is 6.07 Å². The predicted molar refractivity (Wildman–Crippen MR) is 51.0 cm³/mol. The van der Waals surface area contributed by atoms with Crippen molar-refractivity contribution in [1.82, 2.24) is 4.98 Å². The van der Waals surface area contributed by atoms with Crippen molar-refractivity contribution in [2.24, 2.45) is 0 Å². The summed E-state index contributed by atoms with van der Waals surface area (Å²) in [6.45, 7) is 0. The summed E-state index contributed by atoms with van der Waals surface area (Å²) in [5, 5.41) is 0. The summed E-state index contributed by atoms with van der Waals surface area (Å²) in [4.78, 5) is 15.5. The highest BCUT2D eigenvalue weighted by atomic mass is 19.4. The lowest BCUT2D eigenvalue weighted by Crippen LogP contribution is -2.20. The van der Waals surface area contributed by atoms with Gasteiger partial charge in [-0.05, 0) is 24.5 Å². The van der Waals surface area contributed by atoms with E-state index in [1.165, 1.54) is 6.20 Å². The van der Waals surface area contributed by atoms with Crippen LogP contribution in [-0.2, 0) is 11.2 Å². The van der Waals surface area contributed by atoms with E-state index in [0.717, 1.165) is 5.56 Å². The lowest BCUT2D eigenvalue weighted by molar-refractivity contribution is -0.153. The van der Waals surface area contributed by atoms with E-state index in [-0.39, 0.29) is 0 Å². The smallest absolute Gasteiger partial charge is 0.299 e. The first-order valence-corrected chi connectivity index (χ1v) is 5.00. The second-order valence-electron chi connectivity index (χ2n) is 3.90. The van der Waals surface area contributed by atoms with Crippen LogP contribution in [-0.4, -0.2) is 16.9 Å². The zero-order valence-corrected chi connectivity index (χ0v) is 8.42. The van der Waals surface area contributed by atoms with Gasteiger partial charge in [0.05, 0.1) is 11.6 Å². The molecule has 0 spiro atoms. The van der Waals surface area contributed by atoms with Crippen molar-refractivity contribution in [2.75, 3.05) is 0 Å². The maximum Gasteiger partial charge on any atom is 0.395 e. The molecule has 1 aromatic heterocycles. The molecule has 0 fully saturated rings. The number of nitrogens with zero attached hydrogens (tertiary/aromatic N) is 1. The van der Waals surface area contributed by atoms with Crippen molar-refractivity contribution < 1.29 is 18.0 Å². The van der Waals surface area contributed by atoms with Crippen LogP contribution in [0.1, 0.15) is 30.0 Å². The van der Waals surface area contributed by atoms with Crippen molar-refractivity contribution in [3.63, 3.8) is 0 Å². The van der Waals surface area contributed by atoms with Crippen molar-refractivity contribution >= 4 is 5.78 Å². The molecule has 0 bridgehead atoms. The first-order chi connectivity index (χ1) is 7.47. The zero-order chi connectivity index (χ0) is 11.8. The summed E-state index contributed by atoms with van der Waals surface area (Å²) < 4.78 is 36.3. The van der Waals surface area contributed by atoms with Crippen LogP contribution < -0.4 is 0 Å². The number of pyridine rings is 1. The van der Waals surface area contributed by atoms with Gasteiger partial charge in [0, 0.05) is 6.20 Å². The molecule has 0 saturated heterocycles. The molecule has 0 aromatic carbocycles. The molecule has 2 rings (SSSR count). The molecule has 2 nitrogen and oxygen atoms in total. The van der Waals surface area contributed by atoms with E-state index in [0.29, 0.717) is 18.5 Å². The number of alkyl halides is 3. The molecule has 1 atom stereocenters. The van der Waals surface area contributed by atoms with Gasteiger partial charge < -0.3 is 0 Å². The molecule has 86 valence electrons. The van der Waals surface area contributed by atoms with E-state index in [1.807, 2.05) is 6.07 Å². The molecular formula is C11H10F3NO. The average Bonchev–Trinajstić information content (AvgIpc) is 2.58. The summed E-state index contributed by atoms with van der Waals surface area (Å²) in [6, 6.07) is 3.54. The molecule has 1 unspecified atom stereocenters. The fraction of sp³-hybridized carbons (Fsp3) is 0.455. The molecule has 0 radical (unpaired) electrons. The van der Waals surface area contributed by atoms with Crippen LogP contribution in [0.2, 0.25) is 0 Å². The first-order valence-electron chi connectivity index (χ1n) is 5.00. The second kappa shape index (κ2) is 3.88. The van der Waals surface area contributed by atoms with Gasteiger partial charge in [-0.25, -0.2) is 0 Å². The SMILES string of the molecule is O=C(CC(F)(F)F)C1CCc2cccnc21. The van der Waals surface area contributed by atoms with Crippen LogP contribution >= 0.6 is 0 Å². The van der Waals surface area contributed by atoms with Crippen LogP contribution in [0.3, 0.4) is 0 Å². The van der Waals surface area contributed by atoms with Gasteiger partial charge in [-0.3, -0.25) is 9.78 Å². The van der Waals surface area contributed by atoms with E-state index >= 15 is 0 Å². The number of fused-ring (bicyclic) bond motifs is 1. The highest BCUT2D eigenvalue weighted by Crippen LogP contribution is 2.34. The number of aromatic nitrogens is 1. The second-order valence-corrected chi connectivity index (χ2v) is 3.90. The van der Waals surface area contributed by atoms with Crippen molar-refractivity contribution in [3.05, 3.63) is 29.6 Å². The van der Waals surface area contributed by atoms with E-state index in [9.17, 15) is 18.0 Å². The fourth-order valence-corrected chi connectivity index (χ4v) is 2.05. The summed E-state index contributed by atoms with van der Waals surface area (Å²) in [5.74, 6) is -1.44. The van der Waals surface area contributed by atoms with Crippen LogP contribution in [0, 0.1) is 0 Å². The lowest BCUT2D eigenvalue weighted by atomic mass is 9.99. The molecule has 1 aromatic rings. The molecule has 5 heteroatoms. The van der Waals surface area contributed by atoms with Gasteiger partial charge in [0.2, 0.25) is 0 Å². The monoisotopic (exact) mass is 229 g/mol. The quantitative estimate of drug-likeness (QED) is 0.780. The topological polar surface area (TPSA) is 30.0 Å². The van der Waals surface area contributed by atoms with Crippen molar-refractivity contribution in [2.45, 2.75) is 31.4 Å². The van der Waals surface area contributed by atoms with Crippen LogP contribution in [0.25, 0.3) is 0 Å². The van der Waals surface area contributed by atoms with E-state index in [1.54, 1.807) is 6.07 Å². The van der Waals surface area contributed by atoms with Gasteiger partial charge in [0.15, 0.2) is 5.78 Å². The summed E-state index contributed by atoms with van der Waals surface area (Å²) in [6.07, 6.45) is -3.18. The predicted octanol–water partition coefficient (Wildman–Crippen LogP) is 2.63. The minimum Gasteiger partial charge on any atom is -0.299 e. The number of aryl methyl sites for hydroxylation is 1. The number of rotatable bonds is 2. The van der Waals surface area contributed by atoms with Gasteiger partial charge in [-0.15, -0.1) is 0 Å². The third kappa shape index (κ3) is 2.23. The van der Waals surface area contributed by atoms with Crippen molar-refractivity contribution in [1.29, 1.82) is 0 Å². The van der Waals surface area contributed by atoms with E-state index in [4.69, 9.17) is 0 Å². The molecule has 1 aliphatic rings. The molecule has 0 aliphatic heterocycles. The minimum atomic E-state index is -4.42. The highest BCUT2D eigenvalue weighted by molar-refractivity contribution is 5.86. The Hall–Kier alpha value is -1.39. The maximum absolute atomic E-state index is 12.1. The Morgan fingerprint density at radius 3 is 2.94 bits per heavy atom. The van der Waals surface area contributed by atoms with Gasteiger partial charge in [-0.2, -0.15) is 13.2 Å². The maximum atomic E-state index is 12.1. The third-order valence-electron chi connectivity index (χ3n) is 2.72. The largest absolute Gasteiger partial charge is 0.395 e. The molecular weight excluding hydrogens is 219 g/mol. The van der Waals surface area contributed by atoms with Gasteiger partial charge in [0.1, 0.15) is 6.42 Å². The summed E-state index contributed by atoms with van der Waals surface area (Å²) in [5.41, 5.74) is 1.42. The Labute approximate surface area is 90.5 Å². The average molecular weight is 229 g/mol. The number of hydrogen-bond donors (Lipinski definition) is 0. The number of carbonyl (C=O) groups excluding carboxylic acids is 1. The number of ketones is 1. The fourth-order valence-electron chi connectivity index (χ4n) is 2.05. The molecule has 0 saturated carbocycles. The minimum absolute atomic E-state index is 0.446. The lowest BCUT2D eigenvalue weighted by Gasteiger charge is -2.11. The molecule has 0 N–H and O–H groups in total. The molecule has 1 heterocycles. The van der Waals surface area contributed by atoms with E-state index in [2.05, 4.69) is 4.98 Å². The van der Waals surface area contributed by atoms with Gasteiger partial charge >= 0.3 is 6.18 Å². The number of halogens is 3. The molecule has 1 aliphatic carbocycles. The number of hydrogen-bond acceptors (Lipinski definition) is 2. The highest BCUT2D eigenvalue weighted by Gasteiger charge is 2.37. The molecule has 16 heavy (non-hydrogen) atoms. The van der Waals surface area contributed by atoms with Crippen LogP contribution in [0.4, 0.5) is 13.2 Å². The Morgan fingerprint density at radius 1 is 1.50 bits per heavy atom. The molecule has 0 amide bonds. The third-order valence-corrected chi connectivity index (χ3v) is 2.72. The Kier molecular flexibility index (Phi) is 2.69. The summed E-state index contributed by atoms with van der Waals surface area (Å²) >= 11 is 0.